The van der Waals surface area contributed by atoms with Gasteiger partial charge in [-0.05, 0) is 62.7 Å². The van der Waals surface area contributed by atoms with E-state index in [1.165, 1.54) is 11.1 Å². The summed E-state index contributed by atoms with van der Waals surface area (Å²) < 4.78 is 0. The van der Waals surface area contributed by atoms with Crippen molar-refractivity contribution in [2.24, 2.45) is 11.8 Å². The average molecular weight is 334 g/mol. The molecule has 0 bridgehead atoms. The summed E-state index contributed by atoms with van der Waals surface area (Å²) in [4.78, 5) is 11.4. The molecule has 1 aliphatic carbocycles. The second kappa shape index (κ2) is 9.88. The molecule has 0 amide bonds. The summed E-state index contributed by atoms with van der Waals surface area (Å²) in [6.07, 6.45) is 11.5. The third-order valence-corrected chi connectivity index (χ3v) is 4.55. The van der Waals surface area contributed by atoms with Gasteiger partial charge in [0, 0.05) is 6.42 Å². The first-order valence-electron chi connectivity index (χ1n) is 8.55. The van der Waals surface area contributed by atoms with Crippen molar-refractivity contribution in [1.82, 2.24) is 0 Å². The van der Waals surface area contributed by atoms with E-state index >= 15 is 0 Å². The molecule has 3 heteroatoms. The fourth-order valence-corrected chi connectivity index (χ4v) is 3.47. The van der Waals surface area contributed by atoms with Gasteiger partial charge in [-0.25, -0.2) is 0 Å². The summed E-state index contributed by atoms with van der Waals surface area (Å²) in [6, 6.07) is 0. The van der Waals surface area contributed by atoms with Gasteiger partial charge in [0.05, 0.1) is 5.76 Å². The Labute approximate surface area is 143 Å². The highest BCUT2D eigenvalue weighted by molar-refractivity contribution is 7.41. The molecule has 1 aliphatic rings. The largest absolute Gasteiger partial charge is 0.512 e. The summed E-state index contributed by atoms with van der Waals surface area (Å²) in [5, 5.41) is 10.4. The molecule has 0 aliphatic heterocycles. The summed E-state index contributed by atoms with van der Waals surface area (Å²) in [7, 11) is 2.18. The van der Waals surface area contributed by atoms with Gasteiger partial charge < -0.3 is 5.11 Å². The molecule has 0 spiro atoms. The second-order valence-corrected chi connectivity index (χ2v) is 7.32. The zero-order chi connectivity index (χ0) is 17.4. The molecule has 1 N–H and O–H groups in total. The van der Waals surface area contributed by atoms with Crippen LogP contribution in [0.3, 0.4) is 0 Å². The zero-order valence-electron chi connectivity index (χ0n) is 14.8. The van der Waals surface area contributed by atoms with E-state index in [-0.39, 0.29) is 5.52 Å². The Balaban J connectivity index is 2.78. The average Bonchev–Trinajstić information content (AvgIpc) is 2.79. The number of rotatable bonds is 9. The predicted molar refractivity (Wildman–Crippen MR) is 102 cm³/mol. The van der Waals surface area contributed by atoms with Crippen molar-refractivity contribution in [2.75, 3.05) is 0 Å². The van der Waals surface area contributed by atoms with Gasteiger partial charge in [-0.2, -0.15) is 0 Å². The Morgan fingerprint density at radius 1 is 1.43 bits per heavy atom. The Bertz CT molecular complexity index is 526. The number of carbonyl (C=O) groups excluding carboxylic acids is 1. The van der Waals surface area contributed by atoms with Gasteiger partial charge in [-0.1, -0.05) is 52.8 Å². The summed E-state index contributed by atoms with van der Waals surface area (Å²) in [6.45, 7) is 10.4. The zero-order valence-corrected chi connectivity index (χ0v) is 15.9. The van der Waals surface area contributed by atoms with E-state index in [2.05, 4.69) is 42.7 Å². The quantitative estimate of drug-likeness (QED) is 0.143. The van der Waals surface area contributed by atoms with Gasteiger partial charge in [-0.15, -0.1) is 0 Å². The molecule has 1 unspecified atom stereocenters. The predicted octanol–water partition coefficient (Wildman–Crippen LogP) is 5.89. The van der Waals surface area contributed by atoms with Crippen LogP contribution in [0.2, 0.25) is 0 Å². The van der Waals surface area contributed by atoms with E-state index in [4.69, 9.17) is 0 Å². The SMILES string of the molecule is C=C(C)[C@@H]1CC(C)=C[C@H]1C/C(O)=C\C(=C/C(=O)P)CCCCC. The maximum Gasteiger partial charge on any atom is 0.171 e. The van der Waals surface area contributed by atoms with Crippen LogP contribution in [0.25, 0.3) is 0 Å². The molecule has 0 fully saturated rings. The first-order chi connectivity index (χ1) is 10.8. The molecule has 0 saturated carbocycles. The number of hydrogen-bond donors (Lipinski definition) is 1. The third kappa shape index (κ3) is 7.31. The van der Waals surface area contributed by atoms with E-state index < -0.39 is 0 Å². The Hall–Kier alpha value is -1.14. The van der Waals surface area contributed by atoms with Crippen LogP contribution in [0.4, 0.5) is 0 Å². The van der Waals surface area contributed by atoms with Crippen molar-refractivity contribution in [3.63, 3.8) is 0 Å². The molecule has 0 heterocycles. The van der Waals surface area contributed by atoms with Crippen molar-refractivity contribution in [3.8, 4) is 0 Å². The van der Waals surface area contributed by atoms with Gasteiger partial charge in [0.2, 0.25) is 0 Å². The molecule has 23 heavy (non-hydrogen) atoms. The van der Waals surface area contributed by atoms with Crippen molar-refractivity contribution in [1.29, 1.82) is 0 Å². The molecule has 0 aromatic heterocycles. The highest BCUT2D eigenvalue weighted by atomic mass is 31.0. The van der Waals surface area contributed by atoms with E-state index in [0.29, 0.717) is 24.0 Å². The Morgan fingerprint density at radius 3 is 2.70 bits per heavy atom. The molecule has 0 saturated heterocycles. The van der Waals surface area contributed by atoms with Crippen LogP contribution in [0, 0.1) is 11.8 Å². The number of unbranched alkanes of at least 4 members (excludes halogenated alkanes) is 2. The molecule has 0 aromatic rings. The minimum atomic E-state index is -0.0445. The normalized spacial score (nSPS) is 22.2. The maximum absolute atomic E-state index is 11.4. The standard InChI is InChI=1S/C20H31O2P/c1-5-6-7-8-16(12-20(22)23)11-18(21)13-17-9-15(4)10-19(17)14(2)3/h9,11-12,17,19,21H,2,5-8,10,13,23H2,1,3-4H3/b16-12-,18-11+/t17-,19-/m0/s1. The van der Waals surface area contributed by atoms with Gasteiger partial charge in [0.15, 0.2) is 5.52 Å². The van der Waals surface area contributed by atoms with Crippen LogP contribution in [0.5, 0.6) is 0 Å². The van der Waals surface area contributed by atoms with Crippen LogP contribution in [-0.2, 0) is 4.79 Å². The lowest BCUT2D eigenvalue weighted by Gasteiger charge is -2.19. The number of carbonyl (C=O) groups is 1. The monoisotopic (exact) mass is 334 g/mol. The van der Waals surface area contributed by atoms with Crippen molar-refractivity contribution >= 4 is 14.8 Å². The van der Waals surface area contributed by atoms with Gasteiger partial charge in [0.1, 0.15) is 0 Å². The molecular formula is C20H31O2P. The second-order valence-electron chi connectivity index (χ2n) is 6.75. The number of aliphatic hydroxyl groups excluding tert-OH is 1. The molecule has 3 atom stereocenters. The fraction of sp³-hybridized carbons (Fsp3) is 0.550. The van der Waals surface area contributed by atoms with E-state index in [1.807, 2.05) is 0 Å². The van der Waals surface area contributed by atoms with Gasteiger partial charge in [0.25, 0.3) is 0 Å². The molecule has 0 aromatic carbocycles. The minimum absolute atomic E-state index is 0.0445. The van der Waals surface area contributed by atoms with E-state index in [9.17, 15) is 9.90 Å². The molecule has 128 valence electrons. The molecular weight excluding hydrogens is 303 g/mol. The van der Waals surface area contributed by atoms with Gasteiger partial charge >= 0.3 is 0 Å². The van der Waals surface area contributed by atoms with E-state index in [1.54, 1.807) is 12.2 Å². The number of aliphatic hydroxyl groups is 1. The molecule has 1 rings (SSSR count). The summed E-state index contributed by atoms with van der Waals surface area (Å²) in [5.74, 6) is 1.09. The van der Waals surface area contributed by atoms with Crippen LogP contribution >= 0.6 is 9.24 Å². The smallest absolute Gasteiger partial charge is 0.171 e. The highest BCUT2D eigenvalue weighted by Crippen LogP contribution is 2.38. The topological polar surface area (TPSA) is 37.3 Å². The number of hydrogen-bond acceptors (Lipinski definition) is 2. The summed E-state index contributed by atoms with van der Waals surface area (Å²) in [5.41, 5.74) is 3.42. The van der Waals surface area contributed by atoms with Crippen LogP contribution in [-0.4, -0.2) is 10.6 Å². The first kappa shape index (κ1) is 19.9. The summed E-state index contributed by atoms with van der Waals surface area (Å²) >= 11 is 0. The number of allylic oxidation sites excluding steroid dienone is 7. The molecule has 0 radical (unpaired) electrons. The van der Waals surface area contributed by atoms with Crippen molar-refractivity contribution in [3.05, 3.63) is 47.3 Å². The van der Waals surface area contributed by atoms with E-state index in [0.717, 1.165) is 37.7 Å². The maximum atomic E-state index is 11.4. The lowest BCUT2D eigenvalue weighted by molar-refractivity contribution is -0.107. The van der Waals surface area contributed by atoms with Crippen LogP contribution in [0.1, 0.15) is 59.3 Å². The Kier molecular flexibility index (Phi) is 8.55. The third-order valence-electron chi connectivity index (χ3n) is 4.38. The lowest BCUT2D eigenvalue weighted by atomic mass is 9.86. The highest BCUT2D eigenvalue weighted by Gasteiger charge is 2.27. The molecule has 2 nitrogen and oxygen atoms in total. The van der Waals surface area contributed by atoms with Gasteiger partial charge in [-0.3, -0.25) is 4.79 Å². The van der Waals surface area contributed by atoms with Crippen LogP contribution in [0.15, 0.2) is 47.3 Å². The Morgan fingerprint density at radius 2 is 2.13 bits per heavy atom. The minimum Gasteiger partial charge on any atom is -0.512 e. The first-order valence-corrected chi connectivity index (χ1v) is 9.13. The van der Waals surface area contributed by atoms with Crippen molar-refractivity contribution < 1.29 is 9.90 Å². The lowest BCUT2D eigenvalue weighted by Crippen LogP contribution is -2.10. The van der Waals surface area contributed by atoms with Crippen molar-refractivity contribution in [2.45, 2.75) is 59.3 Å². The van der Waals surface area contributed by atoms with Crippen LogP contribution < -0.4 is 0 Å². The fourth-order valence-electron chi connectivity index (χ4n) is 3.25.